The second kappa shape index (κ2) is 7.99. The van der Waals surface area contributed by atoms with Crippen molar-refractivity contribution in [3.05, 3.63) is 0 Å². The minimum absolute atomic E-state index is 0.338. The summed E-state index contributed by atoms with van der Waals surface area (Å²) in [6.45, 7) is 2.01. The molecule has 0 aliphatic carbocycles. The number of hydrogen-bond donors (Lipinski definition) is 4. The van der Waals surface area contributed by atoms with Crippen LogP contribution in [0.2, 0.25) is 0 Å². The Morgan fingerprint density at radius 2 is 1.78 bits per heavy atom. The van der Waals surface area contributed by atoms with Crippen LogP contribution in [0.25, 0.3) is 0 Å². The van der Waals surface area contributed by atoms with Gasteiger partial charge in [-0.25, -0.2) is 0 Å². The SMILES string of the molecule is CC(O)CN.O=S(O)O. The van der Waals surface area contributed by atoms with E-state index in [4.69, 9.17) is 24.2 Å². The lowest BCUT2D eigenvalue weighted by Crippen LogP contribution is -2.14. The topological polar surface area (TPSA) is 104 Å². The number of rotatable bonds is 1. The Bertz CT molecular complexity index is 72.2. The number of aliphatic hydroxyl groups excluding tert-OH is 1. The fourth-order valence-electron chi connectivity index (χ4n) is 0. The highest BCUT2D eigenvalue weighted by molar-refractivity contribution is 7.73. The smallest absolute Gasteiger partial charge is 0.299 e. The molecule has 0 saturated carbocycles. The molecule has 0 spiro atoms. The molecule has 0 aliphatic rings. The summed E-state index contributed by atoms with van der Waals surface area (Å²) in [5.74, 6) is 0. The molecule has 0 saturated heterocycles. The van der Waals surface area contributed by atoms with Gasteiger partial charge in [0.2, 0.25) is 0 Å². The molecule has 1 unspecified atom stereocenters. The van der Waals surface area contributed by atoms with Gasteiger partial charge in [-0.3, -0.25) is 9.11 Å². The molecule has 5 N–H and O–H groups in total. The fraction of sp³-hybridized carbons (Fsp3) is 1.00. The van der Waals surface area contributed by atoms with Gasteiger partial charge in [0.05, 0.1) is 6.10 Å². The lowest BCUT2D eigenvalue weighted by atomic mass is 10.4. The maximum Gasteiger partial charge on any atom is 0.299 e. The van der Waals surface area contributed by atoms with Crippen LogP contribution in [0.4, 0.5) is 0 Å². The first kappa shape index (κ1) is 11.7. The fourth-order valence-corrected chi connectivity index (χ4v) is 0. The Kier molecular flexibility index (Phi) is 10.4. The zero-order valence-corrected chi connectivity index (χ0v) is 5.84. The van der Waals surface area contributed by atoms with Crippen LogP contribution in [0.3, 0.4) is 0 Å². The first-order chi connectivity index (χ1) is 4.00. The van der Waals surface area contributed by atoms with Gasteiger partial charge in [0.25, 0.3) is 11.4 Å². The third kappa shape index (κ3) is 72.4. The van der Waals surface area contributed by atoms with E-state index in [1.54, 1.807) is 6.92 Å². The molecule has 0 aliphatic heterocycles. The van der Waals surface area contributed by atoms with Crippen molar-refractivity contribution in [2.75, 3.05) is 6.54 Å². The lowest BCUT2D eigenvalue weighted by molar-refractivity contribution is 0.203. The minimum atomic E-state index is -2.61. The van der Waals surface area contributed by atoms with Crippen molar-refractivity contribution in [2.45, 2.75) is 13.0 Å². The predicted molar refractivity (Wildman–Crippen MR) is 34.1 cm³/mol. The van der Waals surface area contributed by atoms with E-state index in [0.29, 0.717) is 6.54 Å². The zero-order chi connectivity index (χ0) is 7.86. The van der Waals surface area contributed by atoms with E-state index in [1.165, 1.54) is 0 Å². The van der Waals surface area contributed by atoms with Gasteiger partial charge in [-0.2, -0.15) is 4.21 Å². The number of nitrogens with two attached hydrogens (primary N) is 1. The van der Waals surface area contributed by atoms with Crippen LogP contribution in [-0.2, 0) is 11.4 Å². The summed E-state index contributed by atoms with van der Waals surface area (Å²) < 4.78 is 22.8. The van der Waals surface area contributed by atoms with Crippen LogP contribution in [0.1, 0.15) is 6.92 Å². The van der Waals surface area contributed by atoms with Crippen molar-refractivity contribution < 1.29 is 18.4 Å². The molecular weight excluding hydrogens is 146 g/mol. The summed E-state index contributed by atoms with van der Waals surface area (Å²) in [6, 6.07) is 0. The highest BCUT2D eigenvalue weighted by atomic mass is 32.2. The maximum absolute atomic E-state index is 8.67. The minimum Gasteiger partial charge on any atom is -0.392 e. The molecular formula is C3H11NO4S. The molecule has 58 valence electrons. The van der Waals surface area contributed by atoms with Crippen molar-refractivity contribution in [3.63, 3.8) is 0 Å². The highest BCUT2D eigenvalue weighted by Crippen LogP contribution is 1.65. The summed E-state index contributed by atoms with van der Waals surface area (Å²) in [6.07, 6.45) is -0.338. The van der Waals surface area contributed by atoms with Crippen molar-refractivity contribution in [3.8, 4) is 0 Å². The van der Waals surface area contributed by atoms with E-state index in [1.807, 2.05) is 0 Å². The molecule has 0 amide bonds. The zero-order valence-electron chi connectivity index (χ0n) is 5.02. The van der Waals surface area contributed by atoms with Crippen molar-refractivity contribution in [2.24, 2.45) is 5.73 Å². The number of aliphatic hydroxyl groups is 1. The maximum atomic E-state index is 8.67. The monoisotopic (exact) mass is 157 g/mol. The van der Waals surface area contributed by atoms with E-state index < -0.39 is 11.4 Å². The van der Waals surface area contributed by atoms with E-state index in [9.17, 15) is 0 Å². The van der Waals surface area contributed by atoms with Gasteiger partial charge in [-0.1, -0.05) is 0 Å². The van der Waals surface area contributed by atoms with Crippen LogP contribution in [0.15, 0.2) is 0 Å². The van der Waals surface area contributed by atoms with Crippen molar-refractivity contribution in [1.82, 2.24) is 0 Å². The van der Waals surface area contributed by atoms with E-state index in [2.05, 4.69) is 0 Å². The highest BCUT2D eigenvalue weighted by Gasteiger charge is 1.81. The standard InChI is InChI=1S/C3H9NO.H2O3S/c1-3(5)2-4;1-4(2)3/h3,5H,2,4H2,1H3;(H2,1,2,3). The van der Waals surface area contributed by atoms with Gasteiger partial charge in [0.1, 0.15) is 0 Å². The summed E-state index contributed by atoms with van der Waals surface area (Å²) >= 11 is -2.61. The second-order valence-corrected chi connectivity index (χ2v) is 1.78. The van der Waals surface area contributed by atoms with E-state index >= 15 is 0 Å². The van der Waals surface area contributed by atoms with Crippen molar-refractivity contribution >= 4 is 11.4 Å². The van der Waals surface area contributed by atoms with Crippen LogP contribution in [0, 0.1) is 0 Å². The molecule has 0 heterocycles. The molecule has 0 aromatic carbocycles. The summed E-state index contributed by atoms with van der Waals surface area (Å²) in [7, 11) is 0. The molecule has 6 heteroatoms. The van der Waals surface area contributed by atoms with Gasteiger partial charge in [-0.15, -0.1) is 0 Å². The lowest BCUT2D eigenvalue weighted by Gasteiger charge is -1.91. The summed E-state index contributed by atoms with van der Waals surface area (Å²) in [5, 5.41) is 8.24. The first-order valence-electron chi connectivity index (χ1n) is 2.18. The Balaban J connectivity index is 0. The normalized spacial score (nSPS) is 12.2. The van der Waals surface area contributed by atoms with Gasteiger partial charge in [0.15, 0.2) is 0 Å². The predicted octanol–water partition coefficient (Wildman–Crippen LogP) is -0.993. The average molecular weight is 157 g/mol. The molecule has 5 nitrogen and oxygen atoms in total. The first-order valence-corrected chi connectivity index (χ1v) is 3.25. The van der Waals surface area contributed by atoms with Crippen LogP contribution < -0.4 is 5.73 Å². The molecule has 9 heavy (non-hydrogen) atoms. The van der Waals surface area contributed by atoms with Gasteiger partial charge < -0.3 is 10.8 Å². The molecule has 0 bridgehead atoms. The van der Waals surface area contributed by atoms with E-state index in [0.717, 1.165) is 0 Å². The quantitative estimate of drug-likeness (QED) is 0.366. The third-order valence-electron chi connectivity index (χ3n) is 0.341. The van der Waals surface area contributed by atoms with Gasteiger partial charge >= 0.3 is 0 Å². The molecule has 1 atom stereocenters. The van der Waals surface area contributed by atoms with Crippen LogP contribution >= 0.6 is 0 Å². The molecule has 0 fully saturated rings. The molecule has 0 aromatic rings. The van der Waals surface area contributed by atoms with Crippen molar-refractivity contribution in [1.29, 1.82) is 0 Å². The molecule has 0 rings (SSSR count). The van der Waals surface area contributed by atoms with Crippen LogP contribution in [-0.4, -0.2) is 31.1 Å². The summed E-state index contributed by atoms with van der Waals surface area (Å²) in [4.78, 5) is 0. The van der Waals surface area contributed by atoms with Crippen LogP contribution in [0.5, 0.6) is 0 Å². The Hall–Kier alpha value is -0.0100. The second-order valence-electron chi connectivity index (χ2n) is 1.32. The Morgan fingerprint density at radius 3 is 1.78 bits per heavy atom. The molecule has 0 aromatic heterocycles. The summed E-state index contributed by atoms with van der Waals surface area (Å²) in [5.41, 5.74) is 4.92. The average Bonchev–Trinajstić information content (AvgIpc) is 1.65. The Labute approximate surface area is 56.0 Å². The van der Waals surface area contributed by atoms with Gasteiger partial charge in [-0.05, 0) is 6.92 Å². The van der Waals surface area contributed by atoms with E-state index in [-0.39, 0.29) is 6.10 Å². The third-order valence-corrected chi connectivity index (χ3v) is 0.341. The van der Waals surface area contributed by atoms with Gasteiger partial charge in [0, 0.05) is 6.54 Å². The largest absolute Gasteiger partial charge is 0.392 e. The number of hydrogen-bond acceptors (Lipinski definition) is 3. The Morgan fingerprint density at radius 1 is 1.67 bits per heavy atom. The molecule has 0 radical (unpaired) electrons.